The predicted molar refractivity (Wildman–Crippen MR) is 146 cm³/mol. The zero-order valence-corrected chi connectivity index (χ0v) is 22.4. The van der Waals surface area contributed by atoms with Crippen molar-refractivity contribution < 1.29 is 22.7 Å². The number of carbonyl (C=O) groups excluding carboxylic acids is 1. The molecular formula is C26H27N3O6S2. The lowest BCUT2D eigenvalue weighted by Gasteiger charge is -2.26. The van der Waals surface area contributed by atoms with E-state index in [1.165, 1.54) is 32.4 Å². The van der Waals surface area contributed by atoms with Crippen LogP contribution in [-0.2, 0) is 14.8 Å². The number of nitrogens with zero attached hydrogens (tertiary/aromatic N) is 2. The first kappa shape index (κ1) is 26.2. The number of nitrogens with one attached hydrogen (secondary N) is 1. The fraction of sp³-hybridized carbons (Fsp3) is 0.231. The summed E-state index contributed by atoms with van der Waals surface area (Å²) in [6, 6.07) is 17.7. The second-order valence-electron chi connectivity index (χ2n) is 8.42. The minimum absolute atomic E-state index is 0.00344. The first-order valence-electron chi connectivity index (χ1n) is 11.4. The minimum atomic E-state index is -4.15. The van der Waals surface area contributed by atoms with E-state index in [0.717, 1.165) is 25.9 Å². The fourth-order valence-electron chi connectivity index (χ4n) is 3.95. The third-order valence-electron chi connectivity index (χ3n) is 5.69. The molecule has 4 rings (SSSR count). The van der Waals surface area contributed by atoms with Gasteiger partial charge < -0.3 is 14.8 Å². The fourth-order valence-corrected chi connectivity index (χ4v) is 6.44. The molecule has 0 aliphatic heterocycles. The van der Waals surface area contributed by atoms with Crippen LogP contribution in [0.1, 0.15) is 19.9 Å². The average Bonchev–Trinajstić information content (AvgIpc) is 3.22. The van der Waals surface area contributed by atoms with Gasteiger partial charge in [-0.15, -0.1) is 0 Å². The molecule has 0 saturated heterocycles. The summed E-state index contributed by atoms with van der Waals surface area (Å²) in [4.78, 5) is 25.5. The third kappa shape index (κ3) is 5.32. The summed E-state index contributed by atoms with van der Waals surface area (Å²) >= 11 is 1.09. The summed E-state index contributed by atoms with van der Waals surface area (Å²) in [5.74, 6) is 0.0909. The van der Waals surface area contributed by atoms with Gasteiger partial charge >= 0.3 is 4.87 Å². The molecule has 1 aromatic heterocycles. The lowest BCUT2D eigenvalue weighted by molar-refractivity contribution is -0.114. The summed E-state index contributed by atoms with van der Waals surface area (Å²) in [6.45, 7) is 3.33. The Morgan fingerprint density at radius 1 is 1.03 bits per heavy atom. The number of hydrogen-bond donors (Lipinski definition) is 1. The lowest BCUT2D eigenvalue weighted by Crippen LogP contribution is -2.38. The van der Waals surface area contributed by atoms with E-state index in [2.05, 4.69) is 5.32 Å². The molecule has 0 bridgehead atoms. The molecule has 0 fully saturated rings. The highest BCUT2D eigenvalue weighted by atomic mass is 32.2. The van der Waals surface area contributed by atoms with Gasteiger partial charge in [0.05, 0.1) is 35.0 Å². The summed E-state index contributed by atoms with van der Waals surface area (Å²) in [6.07, 6.45) is 0. The summed E-state index contributed by atoms with van der Waals surface area (Å²) in [5, 5.41) is 2.76. The Labute approximate surface area is 218 Å². The maximum atomic E-state index is 13.7. The van der Waals surface area contributed by atoms with Crippen molar-refractivity contribution in [3.05, 3.63) is 76.4 Å². The second-order valence-corrected chi connectivity index (χ2v) is 11.3. The highest BCUT2D eigenvalue weighted by molar-refractivity contribution is 7.92. The first-order valence-corrected chi connectivity index (χ1v) is 13.7. The standard InChI is InChI=1S/C26H27N3O6S2/c1-17(2)29-21-12-10-18(14-24(21)36-26(29)31)27-25(30)16-28(37(32,33)20-8-6-5-7-9-20)22-15-19(34-3)11-13-23(22)35-4/h5-15,17H,16H2,1-4H3,(H,27,30). The molecular weight excluding hydrogens is 514 g/mol. The zero-order chi connectivity index (χ0) is 26.7. The van der Waals surface area contributed by atoms with Gasteiger partial charge in [0.2, 0.25) is 5.91 Å². The third-order valence-corrected chi connectivity index (χ3v) is 8.38. The van der Waals surface area contributed by atoms with Crippen molar-refractivity contribution in [1.82, 2.24) is 4.57 Å². The Balaban J connectivity index is 1.71. The second kappa shape index (κ2) is 10.7. The van der Waals surface area contributed by atoms with Crippen LogP contribution in [0, 0.1) is 0 Å². The highest BCUT2D eigenvalue weighted by Crippen LogP contribution is 2.35. The SMILES string of the molecule is COc1ccc(OC)c(N(CC(=O)Nc2ccc3c(c2)sc(=O)n3C(C)C)S(=O)(=O)c2ccccc2)c1. The summed E-state index contributed by atoms with van der Waals surface area (Å²) < 4.78 is 41.5. The number of thiazole rings is 1. The van der Waals surface area contributed by atoms with Crippen LogP contribution in [0.15, 0.2) is 76.4 Å². The molecule has 0 radical (unpaired) electrons. The van der Waals surface area contributed by atoms with Gasteiger partial charge in [-0.05, 0) is 56.3 Å². The lowest BCUT2D eigenvalue weighted by atomic mass is 10.2. The van der Waals surface area contributed by atoms with E-state index in [-0.39, 0.29) is 27.2 Å². The van der Waals surface area contributed by atoms with Crippen LogP contribution in [0.2, 0.25) is 0 Å². The van der Waals surface area contributed by atoms with Gasteiger partial charge in [-0.2, -0.15) is 0 Å². The predicted octanol–water partition coefficient (Wildman–Crippen LogP) is 4.50. The number of amides is 1. The number of rotatable bonds is 9. The quantitative estimate of drug-likeness (QED) is 0.335. The van der Waals surface area contributed by atoms with E-state index in [1.54, 1.807) is 53.1 Å². The Morgan fingerprint density at radius 3 is 2.41 bits per heavy atom. The molecule has 1 N–H and O–H groups in total. The van der Waals surface area contributed by atoms with Crippen molar-refractivity contribution in [2.24, 2.45) is 0 Å². The maximum Gasteiger partial charge on any atom is 0.308 e. The van der Waals surface area contributed by atoms with Gasteiger partial charge in [-0.1, -0.05) is 29.5 Å². The number of benzene rings is 3. The highest BCUT2D eigenvalue weighted by Gasteiger charge is 2.30. The number of ether oxygens (including phenoxy) is 2. The van der Waals surface area contributed by atoms with Crippen molar-refractivity contribution in [3.63, 3.8) is 0 Å². The molecule has 0 aliphatic carbocycles. The molecule has 1 heterocycles. The van der Waals surface area contributed by atoms with E-state index in [9.17, 15) is 18.0 Å². The van der Waals surface area contributed by atoms with Crippen molar-refractivity contribution in [1.29, 1.82) is 0 Å². The van der Waals surface area contributed by atoms with Gasteiger partial charge in [-0.25, -0.2) is 8.42 Å². The molecule has 3 aromatic carbocycles. The Kier molecular flexibility index (Phi) is 7.55. The Morgan fingerprint density at radius 2 is 1.76 bits per heavy atom. The van der Waals surface area contributed by atoms with E-state index in [4.69, 9.17) is 9.47 Å². The number of fused-ring (bicyclic) bond motifs is 1. The summed E-state index contributed by atoms with van der Waals surface area (Å²) in [7, 11) is -1.27. The number of hydrogen-bond acceptors (Lipinski definition) is 7. The molecule has 11 heteroatoms. The smallest absolute Gasteiger partial charge is 0.308 e. The molecule has 9 nitrogen and oxygen atoms in total. The van der Waals surface area contributed by atoms with Crippen LogP contribution in [0.3, 0.4) is 0 Å². The number of sulfonamides is 1. The summed E-state index contributed by atoms with van der Waals surface area (Å²) in [5.41, 5.74) is 1.38. The van der Waals surface area contributed by atoms with E-state index < -0.39 is 22.5 Å². The van der Waals surface area contributed by atoms with E-state index >= 15 is 0 Å². The van der Waals surface area contributed by atoms with Crippen molar-refractivity contribution in [2.45, 2.75) is 24.8 Å². The van der Waals surface area contributed by atoms with Gasteiger partial charge in [0.15, 0.2) is 0 Å². The van der Waals surface area contributed by atoms with Gasteiger partial charge in [0, 0.05) is 17.8 Å². The van der Waals surface area contributed by atoms with Crippen LogP contribution in [0.25, 0.3) is 10.2 Å². The van der Waals surface area contributed by atoms with Crippen molar-refractivity contribution in [3.8, 4) is 11.5 Å². The van der Waals surface area contributed by atoms with Crippen LogP contribution < -0.4 is 24.0 Å². The molecule has 0 unspecified atom stereocenters. The molecule has 0 atom stereocenters. The molecule has 4 aromatic rings. The van der Waals surface area contributed by atoms with E-state index in [0.29, 0.717) is 11.4 Å². The Bertz CT molecular complexity index is 1590. The number of anilines is 2. The van der Waals surface area contributed by atoms with Crippen LogP contribution in [0.4, 0.5) is 11.4 Å². The van der Waals surface area contributed by atoms with Crippen LogP contribution >= 0.6 is 11.3 Å². The van der Waals surface area contributed by atoms with Gasteiger partial charge in [0.25, 0.3) is 10.0 Å². The molecule has 0 aliphatic rings. The number of methoxy groups -OCH3 is 2. The molecule has 37 heavy (non-hydrogen) atoms. The van der Waals surface area contributed by atoms with Crippen LogP contribution in [-0.4, -0.2) is 39.7 Å². The molecule has 0 saturated carbocycles. The maximum absolute atomic E-state index is 13.7. The molecule has 194 valence electrons. The largest absolute Gasteiger partial charge is 0.497 e. The average molecular weight is 542 g/mol. The van der Waals surface area contributed by atoms with Gasteiger partial charge in [0.1, 0.15) is 18.0 Å². The van der Waals surface area contributed by atoms with Crippen molar-refractivity contribution >= 4 is 48.9 Å². The Hall–Kier alpha value is -3.83. The number of aromatic nitrogens is 1. The van der Waals surface area contributed by atoms with Gasteiger partial charge in [-0.3, -0.25) is 18.5 Å². The topological polar surface area (TPSA) is 107 Å². The molecule has 0 spiro atoms. The first-order chi connectivity index (χ1) is 17.6. The zero-order valence-electron chi connectivity index (χ0n) is 20.8. The van der Waals surface area contributed by atoms with Crippen LogP contribution in [0.5, 0.6) is 11.5 Å². The normalized spacial score (nSPS) is 11.5. The number of carbonyl (C=O) groups is 1. The minimum Gasteiger partial charge on any atom is -0.497 e. The monoisotopic (exact) mass is 541 g/mol. The molecule has 1 amide bonds. The van der Waals surface area contributed by atoms with E-state index in [1.807, 2.05) is 13.8 Å². The van der Waals surface area contributed by atoms with Crippen molar-refractivity contribution in [2.75, 3.05) is 30.4 Å².